The Morgan fingerprint density at radius 1 is 1.26 bits per heavy atom. The van der Waals surface area contributed by atoms with Gasteiger partial charge in [0.15, 0.2) is 4.96 Å². The molecule has 4 nitrogen and oxygen atoms in total. The second-order valence-corrected chi connectivity index (χ2v) is 5.33. The van der Waals surface area contributed by atoms with E-state index in [0.29, 0.717) is 18.5 Å². The summed E-state index contributed by atoms with van der Waals surface area (Å²) in [6, 6.07) is 7.41. The predicted molar refractivity (Wildman–Crippen MR) is 76.3 cm³/mol. The highest BCUT2D eigenvalue weighted by Crippen LogP contribution is 2.13. The van der Waals surface area contributed by atoms with E-state index in [1.54, 1.807) is 11.3 Å². The Bertz CT molecular complexity index is 683. The molecule has 0 fully saturated rings. The fourth-order valence-corrected chi connectivity index (χ4v) is 2.71. The van der Waals surface area contributed by atoms with E-state index >= 15 is 0 Å². The number of imidazole rings is 1. The molecule has 2 heterocycles. The normalized spacial score (nSPS) is 10.9. The summed E-state index contributed by atoms with van der Waals surface area (Å²) in [4.78, 5) is 17.3. The molecule has 0 amide bonds. The number of hydrogen-bond donors (Lipinski definition) is 1. The highest BCUT2D eigenvalue weighted by molar-refractivity contribution is 7.15. The zero-order chi connectivity index (χ0) is 13.2. The molecule has 1 aromatic carbocycles. The number of benzene rings is 1. The Balaban J connectivity index is 1.68. The molecule has 0 saturated heterocycles. The molecule has 19 heavy (non-hydrogen) atoms. The number of nitrogens with two attached hydrogens (primary N) is 1. The summed E-state index contributed by atoms with van der Waals surface area (Å²) in [7, 11) is 0. The van der Waals surface area contributed by atoms with Gasteiger partial charge in [-0.1, -0.05) is 12.1 Å². The number of carbonyl (C=O) groups is 1. The monoisotopic (exact) mass is 271 g/mol. The molecule has 96 valence electrons. The fraction of sp³-hybridized carbons (Fsp3) is 0.143. The minimum Gasteiger partial charge on any atom is -0.399 e. The molecule has 0 saturated carbocycles. The lowest BCUT2D eigenvalue weighted by atomic mass is 10.1. The van der Waals surface area contributed by atoms with Gasteiger partial charge in [0.05, 0.1) is 12.1 Å². The van der Waals surface area contributed by atoms with Gasteiger partial charge in [0.25, 0.3) is 0 Å². The lowest BCUT2D eigenvalue weighted by Gasteiger charge is -2.00. The van der Waals surface area contributed by atoms with Crippen molar-refractivity contribution in [3.8, 4) is 0 Å². The van der Waals surface area contributed by atoms with Gasteiger partial charge in [0.2, 0.25) is 0 Å². The molecule has 2 aromatic heterocycles. The average Bonchev–Trinajstić information content (AvgIpc) is 2.92. The third kappa shape index (κ3) is 2.66. The molecule has 0 atom stereocenters. The third-order valence-corrected chi connectivity index (χ3v) is 3.67. The molecule has 2 N–H and O–H groups in total. The van der Waals surface area contributed by atoms with E-state index in [4.69, 9.17) is 5.73 Å². The first-order chi connectivity index (χ1) is 9.20. The van der Waals surface area contributed by atoms with E-state index < -0.39 is 0 Å². The maximum atomic E-state index is 12.0. The maximum absolute atomic E-state index is 12.0. The number of carbonyl (C=O) groups excluding carboxylic acids is 1. The Hall–Kier alpha value is -2.14. The quantitative estimate of drug-likeness (QED) is 0.741. The van der Waals surface area contributed by atoms with Crippen LogP contribution in [0.2, 0.25) is 0 Å². The number of ketones is 1. The van der Waals surface area contributed by atoms with Gasteiger partial charge < -0.3 is 5.73 Å². The SMILES string of the molecule is Nc1ccc(CC(=O)Cc2cn3ccsc3n2)cc1. The lowest BCUT2D eigenvalue weighted by Crippen LogP contribution is -2.06. The van der Waals surface area contributed by atoms with Crippen molar-refractivity contribution in [3.63, 3.8) is 0 Å². The van der Waals surface area contributed by atoms with Gasteiger partial charge in [-0.15, -0.1) is 11.3 Å². The van der Waals surface area contributed by atoms with Gasteiger partial charge >= 0.3 is 0 Å². The van der Waals surface area contributed by atoms with Crippen LogP contribution in [0.3, 0.4) is 0 Å². The molecule has 3 aromatic rings. The van der Waals surface area contributed by atoms with E-state index in [-0.39, 0.29) is 5.78 Å². The maximum Gasteiger partial charge on any atom is 0.193 e. The number of nitrogens with zero attached hydrogens (tertiary/aromatic N) is 2. The second-order valence-electron chi connectivity index (χ2n) is 4.46. The van der Waals surface area contributed by atoms with Crippen molar-refractivity contribution in [2.24, 2.45) is 0 Å². The molecular weight excluding hydrogens is 258 g/mol. The lowest BCUT2D eigenvalue weighted by molar-refractivity contribution is -0.117. The van der Waals surface area contributed by atoms with Gasteiger partial charge in [0.1, 0.15) is 5.78 Å². The van der Waals surface area contributed by atoms with Gasteiger partial charge in [-0.25, -0.2) is 4.98 Å². The van der Waals surface area contributed by atoms with Crippen LogP contribution in [0, 0.1) is 0 Å². The van der Waals surface area contributed by atoms with Crippen LogP contribution in [0.15, 0.2) is 42.0 Å². The molecule has 5 heteroatoms. The van der Waals surface area contributed by atoms with Crippen molar-refractivity contribution in [2.45, 2.75) is 12.8 Å². The van der Waals surface area contributed by atoms with Crippen molar-refractivity contribution in [2.75, 3.05) is 5.73 Å². The van der Waals surface area contributed by atoms with E-state index in [0.717, 1.165) is 16.2 Å². The van der Waals surface area contributed by atoms with Gasteiger partial charge in [-0.05, 0) is 17.7 Å². The molecule has 0 bridgehead atoms. The first-order valence-electron chi connectivity index (χ1n) is 5.98. The van der Waals surface area contributed by atoms with E-state index in [9.17, 15) is 4.79 Å². The Morgan fingerprint density at radius 3 is 2.79 bits per heavy atom. The molecule has 0 aliphatic heterocycles. The molecule has 0 aliphatic rings. The van der Waals surface area contributed by atoms with Crippen molar-refractivity contribution >= 4 is 27.8 Å². The highest BCUT2D eigenvalue weighted by atomic mass is 32.1. The first kappa shape index (κ1) is 11.9. The summed E-state index contributed by atoms with van der Waals surface area (Å²) in [6.45, 7) is 0. The number of anilines is 1. The summed E-state index contributed by atoms with van der Waals surface area (Å²) in [5.41, 5.74) is 8.14. The summed E-state index contributed by atoms with van der Waals surface area (Å²) in [6.07, 6.45) is 4.65. The largest absolute Gasteiger partial charge is 0.399 e. The summed E-state index contributed by atoms with van der Waals surface area (Å²) < 4.78 is 1.94. The topological polar surface area (TPSA) is 60.4 Å². The molecule has 0 unspecified atom stereocenters. The number of aromatic nitrogens is 2. The zero-order valence-corrected chi connectivity index (χ0v) is 11.1. The van der Waals surface area contributed by atoms with Crippen LogP contribution in [-0.4, -0.2) is 15.2 Å². The Kier molecular flexibility index (Phi) is 3.05. The third-order valence-electron chi connectivity index (χ3n) is 2.90. The van der Waals surface area contributed by atoms with Gasteiger partial charge in [-0.2, -0.15) is 0 Å². The standard InChI is InChI=1S/C14H13N3OS/c15-11-3-1-10(2-4-11)7-13(18)8-12-9-17-5-6-19-14(17)16-12/h1-6,9H,7-8,15H2. The number of fused-ring (bicyclic) bond motifs is 1. The van der Waals surface area contributed by atoms with Crippen LogP contribution < -0.4 is 5.73 Å². The molecule has 0 radical (unpaired) electrons. The van der Waals surface area contributed by atoms with Crippen LogP contribution in [0.4, 0.5) is 5.69 Å². The Labute approximate surface area is 114 Å². The average molecular weight is 271 g/mol. The first-order valence-corrected chi connectivity index (χ1v) is 6.86. The number of rotatable bonds is 4. The number of hydrogen-bond acceptors (Lipinski definition) is 4. The van der Waals surface area contributed by atoms with Crippen LogP contribution in [0.25, 0.3) is 4.96 Å². The van der Waals surface area contributed by atoms with Crippen molar-refractivity contribution < 1.29 is 4.79 Å². The van der Waals surface area contributed by atoms with Gasteiger partial charge in [-0.3, -0.25) is 9.20 Å². The summed E-state index contributed by atoms with van der Waals surface area (Å²) >= 11 is 1.57. The summed E-state index contributed by atoms with van der Waals surface area (Å²) in [5.74, 6) is 0.163. The molecule has 0 spiro atoms. The second kappa shape index (κ2) is 4.85. The number of Topliss-reactive ketones (excluding diaryl/α,β-unsaturated/α-hetero) is 1. The molecular formula is C14H13N3OS. The van der Waals surface area contributed by atoms with Gasteiger partial charge in [0, 0.05) is 29.9 Å². The van der Waals surface area contributed by atoms with Crippen LogP contribution >= 0.6 is 11.3 Å². The van der Waals surface area contributed by atoms with Crippen LogP contribution in [0.1, 0.15) is 11.3 Å². The highest BCUT2D eigenvalue weighted by Gasteiger charge is 2.09. The number of nitrogen functional groups attached to an aromatic ring is 1. The van der Waals surface area contributed by atoms with Crippen molar-refractivity contribution in [3.05, 3.63) is 53.3 Å². The molecule has 0 aliphatic carbocycles. The minimum absolute atomic E-state index is 0.163. The smallest absolute Gasteiger partial charge is 0.193 e. The Morgan fingerprint density at radius 2 is 2.05 bits per heavy atom. The predicted octanol–water partition coefficient (Wildman–Crippen LogP) is 2.33. The van der Waals surface area contributed by atoms with Crippen LogP contribution in [0.5, 0.6) is 0 Å². The molecule has 3 rings (SSSR count). The number of thiazole rings is 1. The fourth-order valence-electron chi connectivity index (χ4n) is 1.99. The van der Waals surface area contributed by atoms with E-state index in [2.05, 4.69) is 4.98 Å². The van der Waals surface area contributed by atoms with Crippen molar-refractivity contribution in [1.29, 1.82) is 0 Å². The van der Waals surface area contributed by atoms with Crippen molar-refractivity contribution in [1.82, 2.24) is 9.38 Å². The van der Waals surface area contributed by atoms with E-state index in [1.165, 1.54) is 0 Å². The summed E-state index contributed by atoms with van der Waals surface area (Å²) in [5, 5.41) is 1.97. The minimum atomic E-state index is 0.163. The van der Waals surface area contributed by atoms with E-state index in [1.807, 2.05) is 46.4 Å². The van der Waals surface area contributed by atoms with Crippen LogP contribution in [-0.2, 0) is 17.6 Å². The zero-order valence-electron chi connectivity index (χ0n) is 10.2.